The lowest BCUT2D eigenvalue weighted by molar-refractivity contribution is -0.123. The van der Waals surface area contributed by atoms with Gasteiger partial charge in [0.1, 0.15) is 5.75 Å². The molecule has 3 nitrogen and oxygen atoms in total. The molecule has 98 valence electrons. The lowest BCUT2D eigenvalue weighted by Crippen LogP contribution is -2.36. The number of benzene rings is 1. The van der Waals surface area contributed by atoms with Crippen LogP contribution in [0.15, 0.2) is 24.3 Å². The fourth-order valence-electron chi connectivity index (χ4n) is 2.31. The van der Waals surface area contributed by atoms with Crippen LogP contribution in [-0.4, -0.2) is 18.6 Å². The minimum atomic E-state index is -0.0610. The van der Waals surface area contributed by atoms with E-state index in [9.17, 15) is 4.79 Å². The molecule has 4 heteroatoms. The summed E-state index contributed by atoms with van der Waals surface area (Å²) in [5.41, 5.74) is 0. The Morgan fingerprint density at radius 3 is 3.00 bits per heavy atom. The fraction of sp³-hybridized carbons (Fsp3) is 0.500. The van der Waals surface area contributed by atoms with Gasteiger partial charge in [-0.05, 0) is 43.4 Å². The Morgan fingerprint density at radius 2 is 2.33 bits per heavy atom. The zero-order valence-electron chi connectivity index (χ0n) is 10.5. The summed E-state index contributed by atoms with van der Waals surface area (Å²) in [5.74, 6) is 1.27. The van der Waals surface area contributed by atoms with Gasteiger partial charge in [-0.1, -0.05) is 24.6 Å². The molecule has 1 aromatic carbocycles. The summed E-state index contributed by atoms with van der Waals surface area (Å²) in [6.07, 6.45) is 3.34. The number of halogens is 1. The number of hydrogen-bond acceptors (Lipinski definition) is 2. The Balaban J connectivity index is 1.75. The van der Waals surface area contributed by atoms with Crippen LogP contribution in [0.4, 0.5) is 0 Å². The van der Waals surface area contributed by atoms with E-state index in [-0.39, 0.29) is 12.5 Å². The number of nitrogens with one attached hydrogen (secondary N) is 1. The second-order valence-electron chi connectivity index (χ2n) is 4.93. The van der Waals surface area contributed by atoms with Crippen molar-refractivity contribution in [2.75, 3.05) is 6.61 Å². The lowest BCUT2D eigenvalue weighted by atomic mass is 10.1. The van der Waals surface area contributed by atoms with Crippen molar-refractivity contribution in [3.63, 3.8) is 0 Å². The molecule has 2 atom stereocenters. The van der Waals surface area contributed by atoms with Gasteiger partial charge in [0, 0.05) is 11.1 Å². The van der Waals surface area contributed by atoms with Crippen LogP contribution in [0.3, 0.4) is 0 Å². The summed E-state index contributed by atoms with van der Waals surface area (Å²) < 4.78 is 5.39. The molecule has 1 saturated carbocycles. The topological polar surface area (TPSA) is 38.3 Å². The summed E-state index contributed by atoms with van der Waals surface area (Å²) in [4.78, 5) is 11.7. The summed E-state index contributed by atoms with van der Waals surface area (Å²) >= 11 is 5.83. The molecule has 1 fully saturated rings. The smallest absolute Gasteiger partial charge is 0.258 e. The summed E-state index contributed by atoms with van der Waals surface area (Å²) in [6.45, 7) is 2.26. The summed E-state index contributed by atoms with van der Waals surface area (Å²) in [7, 11) is 0. The molecule has 0 aromatic heterocycles. The number of amides is 1. The second kappa shape index (κ2) is 6.10. The van der Waals surface area contributed by atoms with Crippen molar-refractivity contribution in [3.8, 4) is 5.75 Å². The molecule has 1 amide bonds. The van der Waals surface area contributed by atoms with Gasteiger partial charge in [0.15, 0.2) is 6.61 Å². The van der Waals surface area contributed by atoms with Gasteiger partial charge in [-0.3, -0.25) is 4.79 Å². The average molecular weight is 268 g/mol. The van der Waals surface area contributed by atoms with E-state index >= 15 is 0 Å². The van der Waals surface area contributed by atoms with E-state index in [2.05, 4.69) is 12.2 Å². The molecule has 0 bridgehead atoms. The van der Waals surface area contributed by atoms with E-state index in [1.54, 1.807) is 24.3 Å². The van der Waals surface area contributed by atoms with Crippen molar-refractivity contribution in [1.82, 2.24) is 5.32 Å². The van der Waals surface area contributed by atoms with Gasteiger partial charge in [-0.25, -0.2) is 0 Å². The molecular formula is C14H18ClNO2. The van der Waals surface area contributed by atoms with Crippen LogP contribution in [0.25, 0.3) is 0 Å². The molecule has 0 aliphatic heterocycles. The van der Waals surface area contributed by atoms with E-state index in [0.29, 0.717) is 22.7 Å². The molecule has 1 aromatic rings. The van der Waals surface area contributed by atoms with E-state index in [0.717, 1.165) is 12.8 Å². The number of rotatable bonds is 4. The highest BCUT2D eigenvalue weighted by molar-refractivity contribution is 6.30. The molecule has 2 rings (SSSR count). The highest BCUT2D eigenvalue weighted by atomic mass is 35.5. The third kappa shape index (κ3) is 3.91. The minimum absolute atomic E-state index is 0.0468. The second-order valence-corrected chi connectivity index (χ2v) is 5.37. The molecule has 0 saturated heterocycles. The normalized spacial score (nSPS) is 22.8. The van der Waals surface area contributed by atoms with Crippen molar-refractivity contribution in [2.24, 2.45) is 5.92 Å². The van der Waals surface area contributed by atoms with Gasteiger partial charge < -0.3 is 10.1 Å². The lowest BCUT2D eigenvalue weighted by Gasteiger charge is -2.13. The zero-order valence-corrected chi connectivity index (χ0v) is 11.2. The number of hydrogen-bond donors (Lipinski definition) is 1. The van der Waals surface area contributed by atoms with Crippen molar-refractivity contribution < 1.29 is 9.53 Å². The van der Waals surface area contributed by atoms with Crippen LogP contribution in [0.1, 0.15) is 26.2 Å². The number of carbonyl (C=O) groups is 1. The van der Waals surface area contributed by atoms with Crippen LogP contribution in [0.2, 0.25) is 5.02 Å². The summed E-state index contributed by atoms with van der Waals surface area (Å²) in [5, 5.41) is 3.61. The van der Waals surface area contributed by atoms with Gasteiger partial charge >= 0.3 is 0 Å². The van der Waals surface area contributed by atoms with Crippen LogP contribution in [0, 0.1) is 5.92 Å². The third-order valence-corrected chi connectivity index (χ3v) is 3.46. The molecule has 0 heterocycles. The maximum Gasteiger partial charge on any atom is 0.258 e. The summed E-state index contributed by atoms with van der Waals surface area (Å²) in [6, 6.07) is 7.38. The van der Waals surface area contributed by atoms with Crippen molar-refractivity contribution in [2.45, 2.75) is 32.2 Å². The third-order valence-electron chi connectivity index (χ3n) is 3.23. The molecule has 18 heavy (non-hydrogen) atoms. The molecule has 1 aliphatic rings. The first-order valence-corrected chi connectivity index (χ1v) is 6.69. The predicted molar refractivity (Wildman–Crippen MR) is 71.9 cm³/mol. The average Bonchev–Trinajstić information content (AvgIpc) is 2.72. The van der Waals surface area contributed by atoms with E-state index in [4.69, 9.17) is 16.3 Å². The molecular weight excluding hydrogens is 250 g/mol. The molecule has 2 unspecified atom stereocenters. The maximum absolute atomic E-state index is 11.7. The SMILES string of the molecule is CC1CCC(NC(=O)COc2cccc(Cl)c2)C1. The molecule has 1 aliphatic carbocycles. The van der Waals surface area contributed by atoms with Crippen LogP contribution in [-0.2, 0) is 4.79 Å². The van der Waals surface area contributed by atoms with Gasteiger partial charge in [0.2, 0.25) is 0 Å². The van der Waals surface area contributed by atoms with Gasteiger partial charge in [-0.2, -0.15) is 0 Å². The van der Waals surface area contributed by atoms with Crippen LogP contribution >= 0.6 is 11.6 Å². The molecule has 1 N–H and O–H groups in total. The highest BCUT2D eigenvalue weighted by Crippen LogP contribution is 2.24. The van der Waals surface area contributed by atoms with Gasteiger partial charge in [0.05, 0.1) is 0 Å². The monoisotopic (exact) mass is 267 g/mol. The van der Waals surface area contributed by atoms with E-state index in [1.165, 1.54) is 6.42 Å². The van der Waals surface area contributed by atoms with E-state index in [1.807, 2.05) is 0 Å². The number of carbonyl (C=O) groups excluding carboxylic acids is 1. The first-order valence-electron chi connectivity index (χ1n) is 6.31. The molecule has 0 radical (unpaired) electrons. The largest absolute Gasteiger partial charge is 0.484 e. The first-order chi connectivity index (χ1) is 8.63. The highest BCUT2D eigenvalue weighted by Gasteiger charge is 2.22. The Hall–Kier alpha value is -1.22. The first kappa shape index (κ1) is 13.2. The molecule has 0 spiro atoms. The maximum atomic E-state index is 11.7. The van der Waals surface area contributed by atoms with E-state index < -0.39 is 0 Å². The quantitative estimate of drug-likeness (QED) is 0.911. The van der Waals surface area contributed by atoms with Crippen molar-refractivity contribution in [1.29, 1.82) is 0 Å². The van der Waals surface area contributed by atoms with Gasteiger partial charge in [0.25, 0.3) is 5.91 Å². The Labute approximate surface area is 112 Å². The van der Waals surface area contributed by atoms with Gasteiger partial charge in [-0.15, -0.1) is 0 Å². The Morgan fingerprint density at radius 1 is 1.50 bits per heavy atom. The van der Waals surface area contributed by atoms with Crippen molar-refractivity contribution in [3.05, 3.63) is 29.3 Å². The minimum Gasteiger partial charge on any atom is -0.484 e. The zero-order chi connectivity index (χ0) is 13.0. The predicted octanol–water partition coefficient (Wildman–Crippen LogP) is 3.02. The fourth-order valence-corrected chi connectivity index (χ4v) is 2.49. The van der Waals surface area contributed by atoms with Crippen LogP contribution in [0.5, 0.6) is 5.75 Å². The Bertz CT molecular complexity index is 422. The van der Waals surface area contributed by atoms with Crippen molar-refractivity contribution >= 4 is 17.5 Å². The standard InChI is InChI=1S/C14H18ClNO2/c1-10-5-6-12(7-10)16-14(17)9-18-13-4-2-3-11(15)8-13/h2-4,8,10,12H,5-7,9H2,1H3,(H,16,17). The number of ether oxygens (including phenoxy) is 1. The Kier molecular flexibility index (Phi) is 4.48. The van der Waals surface area contributed by atoms with Crippen LogP contribution < -0.4 is 10.1 Å².